The Morgan fingerprint density at radius 1 is 1.38 bits per heavy atom. The first-order valence-electron chi connectivity index (χ1n) is 7.86. The highest BCUT2D eigenvalue weighted by Crippen LogP contribution is 2.15. The van der Waals surface area contributed by atoms with Crippen molar-refractivity contribution in [2.24, 2.45) is 0 Å². The van der Waals surface area contributed by atoms with Crippen LogP contribution in [0, 0.1) is 13.8 Å². The molecule has 0 amide bonds. The van der Waals surface area contributed by atoms with Crippen molar-refractivity contribution in [2.75, 3.05) is 26.2 Å². The van der Waals surface area contributed by atoms with Gasteiger partial charge in [-0.1, -0.05) is 6.08 Å². The van der Waals surface area contributed by atoms with Gasteiger partial charge < -0.3 is 10.4 Å². The maximum atomic E-state index is 9.06. The van der Waals surface area contributed by atoms with E-state index in [1.165, 1.54) is 18.4 Å². The number of aliphatic hydroxyl groups is 1. The van der Waals surface area contributed by atoms with Crippen molar-refractivity contribution >= 4 is 0 Å². The van der Waals surface area contributed by atoms with Gasteiger partial charge in [0, 0.05) is 30.4 Å². The third-order valence-corrected chi connectivity index (χ3v) is 4.39. The molecule has 5 nitrogen and oxygen atoms in total. The molecule has 0 radical (unpaired) electrons. The van der Waals surface area contributed by atoms with Crippen LogP contribution in [0.15, 0.2) is 12.7 Å². The maximum Gasteiger partial charge on any atom is 0.0644 e. The van der Waals surface area contributed by atoms with Gasteiger partial charge in [0.1, 0.15) is 0 Å². The van der Waals surface area contributed by atoms with Gasteiger partial charge in [-0.3, -0.25) is 9.58 Å². The molecule has 21 heavy (non-hydrogen) atoms. The topological polar surface area (TPSA) is 53.3 Å². The Hall–Kier alpha value is -1.17. The Morgan fingerprint density at radius 3 is 2.71 bits per heavy atom. The first-order chi connectivity index (χ1) is 10.2. The van der Waals surface area contributed by atoms with Crippen LogP contribution >= 0.6 is 0 Å². The van der Waals surface area contributed by atoms with E-state index in [2.05, 4.69) is 28.8 Å². The zero-order valence-corrected chi connectivity index (χ0v) is 13.3. The summed E-state index contributed by atoms with van der Waals surface area (Å²) >= 11 is 0. The van der Waals surface area contributed by atoms with E-state index in [1.54, 1.807) is 0 Å². The second-order valence-electron chi connectivity index (χ2n) is 5.84. The molecule has 1 aliphatic heterocycles. The van der Waals surface area contributed by atoms with Crippen molar-refractivity contribution in [2.45, 2.75) is 45.8 Å². The number of rotatable bonds is 7. The van der Waals surface area contributed by atoms with Crippen molar-refractivity contribution in [3.05, 3.63) is 29.6 Å². The van der Waals surface area contributed by atoms with E-state index in [9.17, 15) is 0 Å². The summed E-state index contributed by atoms with van der Waals surface area (Å²) < 4.78 is 1.90. The smallest absolute Gasteiger partial charge is 0.0644 e. The standard InChI is InChI=1S/C16H28N4O/c1-4-7-19-8-5-15(6-9-19)17-12-16-13(2)18-20(10-11-21)14(16)3/h4,15,17,21H,1,5-12H2,2-3H3. The molecule has 2 heterocycles. The van der Waals surface area contributed by atoms with Crippen LogP contribution in [0.3, 0.4) is 0 Å². The quantitative estimate of drug-likeness (QED) is 0.742. The molecule has 0 bridgehead atoms. The molecule has 1 aromatic heterocycles. The lowest BCUT2D eigenvalue weighted by atomic mass is 10.0. The van der Waals surface area contributed by atoms with E-state index in [4.69, 9.17) is 5.11 Å². The van der Waals surface area contributed by atoms with Crippen LogP contribution in [0.2, 0.25) is 0 Å². The molecular formula is C16H28N4O. The Bertz CT molecular complexity index is 461. The number of hydrogen-bond donors (Lipinski definition) is 2. The van der Waals surface area contributed by atoms with Gasteiger partial charge in [-0.2, -0.15) is 5.10 Å². The summed E-state index contributed by atoms with van der Waals surface area (Å²) in [5.41, 5.74) is 3.51. The molecule has 1 aliphatic rings. The average molecular weight is 292 g/mol. The van der Waals surface area contributed by atoms with Crippen molar-refractivity contribution in [3.63, 3.8) is 0 Å². The number of piperidine rings is 1. The Balaban J connectivity index is 1.85. The normalized spacial score (nSPS) is 17.3. The van der Waals surface area contributed by atoms with E-state index < -0.39 is 0 Å². The highest BCUT2D eigenvalue weighted by Gasteiger charge is 2.19. The Labute approximate surface area is 127 Å². The van der Waals surface area contributed by atoms with Gasteiger partial charge in [0.2, 0.25) is 0 Å². The van der Waals surface area contributed by atoms with Gasteiger partial charge in [0.25, 0.3) is 0 Å². The van der Waals surface area contributed by atoms with E-state index in [0.29, 0.717) is 12.6 Å². The van der Waals surface area contributed by atoms with Crippen molar-refractivity contribution in [1.82, 2.24) is 20.0 Å². The lowest BCUT2D eigenvalue weighted by molar-refractivity contribution is 0.214. The summed E-state index contributed by atoms with van der Waals surface area (Å²) in [6.07, 6.45) is 4.36. The molecule has 2 N–H and O–H groups in total. The number of aromatic nitrogens is 2. The number of aryl methyl sites for hydroxylation is 1. The number of nitrogens with one attached hydrogen (secondary N) is 1. The first-order valence-corrected chi connectivity index (χ1v) is 7.86. The molecule has 2 rings (SSSR count). The van der Waals surface area contributed by atoms with Crippen LogP contribution in [0.5, 0.6) is 0 Å². The Morgan fingerprint density at radius 2 is 2.10 bits per heavy atom. The molecule has 0 aromatic carbocycles. The number of likely N-dealkylation sites (tertiary alicyclic amines) is 1. The minimum Gasteiger partial charge on any atom is -0.394 e. The molecular weight excluding hydrogens is 264 g/mol. The van der Waals surface area contributed by atoms with Crippen LogP contribution in [0.4, 0.5) is 0 Å². The maximum absolute atomic E-state index is 9.06. The molecule has 1 aromatic rings. The highest BCUT2D eigenvalue weighted by molar-refractivity contribution is 5.24. The third kappa shape index (κ3) is 4.15. The minimum atomic E-state index is 0.136. The average Bonchev–Trinajstić information content (AvgIpc) is 2.74. The van der Waals surface area contributed by atoms with Gasteiger partial charge in [-0.25, -0.2) is 0 Å². The predicted molar refractivity (Wildman–Crippen MR) is 85.3 cm³/mol. The van der Waals surface area contributed by atoms with E-state index in [0.717, 1.165) is 37.6 Å². The summed E-state index contributed by atoms with van der Waals surface area (Å²) in [5, 5.41) is 17.2. The van der Waals surface area contributed by atoms with E-state index in [1.807, 2.05) is 17.7 Å². The summed E-state index contributed by atoms with van der Waals surface area (Å²) in [4.78, 5) is 2.45. The summed E-state index contributed by atoms with van der Waals surface area (Å²) in [6, 6.07) is 0.589. The van der Waals surface area contributed by atoms with Crippen LogP contribution in [-0.2, 0) is 13.1 Å². The van der Waals surface area contributed by atoms with Crippen molar-refractivity contribution in [1.29, 1.82) is 0 Å². The molecule has 118 valence electrons. The number of nitrogens with zero attached hydrogens (tertiary/aromatic N) is 3. The first kappa shape index (κ1) is 16.2. The molecule has 0 spiro atoms. The van der Waals surface area contributed by atoms with Gasteiger partial charge in [0.05, 0.1) is 18.8 Å². The molecule has 1 fully saturated rings. The zero-order chi connectivity index (χ0) is 15.2. The number of hydrogen-bond acceptors (Lipinski definition) is 4. The highest BCUT2D eigenvalue weighted by atomic mass is 16.3. The van der Waals surface area contributed by atoms with Crippen molar-refractivity contribution < 1.29 is 5.11 Å². The summed E-state index contributed by atoms with van der Waals surface area (Å²) in [5.74, 6) is 0. The van der Waals surface area contributed by atoms with Crippen LogP contribution < -0.4 is 5.32 Å². The van der Waals surface area contributed by atoms with Crippen LogP contribution in [0.25, 0.3) is 0 Å². The van der Waals surface area contributed by atoms with Gasteiger partial charge in [0.15, 0.2) is 0 Å². The lowest BCUT2D eigenvalue weighted by Crippen LogP contribution is -2.42. The predicted octanol–water partition coefficient (Wildman–Crippen LogP) is 1.23. The largest absolute Gasteiger partial charge is 0.394 e. The van der Waals surface area contributed by atoms with E-state index in [-0.39, 0.29) is 6.61 Å². The molecule has 0 atom stereocenters. The van der Waals surface area contributed by atoms with Crippen LogP contribution in [-0.4, -0.2) is 52.1 Å². The van der Waals surface area contributed by atoms with Gasteiger partial charge >= 0.3 is 0 Å². The lowest BCUT2D eigenvalue weighted by Gasteiger charge is -2.31. The Kier molecular flexibility index (Phi) is 5.96. The van der Waals surface area contributed by atoms with Gasteiger partial charge in [-0.15, -0.1) is 6.58 Å². The van der Waals surface area contributed by atoms with E-state index >= 15 is 0 Å². The fraction of sp³-hybridized carbons (Fsp3) is 0.688. The SMILES string of the molecule is C=CCN1CCC(NCc2c(C)nn(CCO)c2C)CC1. The molecule has 1 saturated heterocycles. The van der Waals surface area contributed by atoms with Gasteiger partial charge in [-0.05, 0) is 39.8 Å². The fourth-order valence-corrected chi connectivity index (χ4v) is 3.05. The van der Waals surface area contributed by atoms with Crippen LogP contribution in [0.1, 0.15) is 29.8 Å². The zero-order valence-electron chi connectivity index (χ0n) is 13.3. The summed E-state index contributed by atoms with van der Waals surface area (Å²) in [6.45, 7) is 12.8. The molecule has 5 heteroatoms. The second kappa shape index (κ2) is 7.73. The third-order valence-electron chi connectivity index (χ3n) is 4.39. The molecule has 0 aliphatic carbocycles. The molecule has 0 saturated carbocycles. The monoisotopic (exact) mass is 292 g/mol. The fourth-order valence-electron chi connectivity index (χ4n) is 3.05. The summed E-state index contributed by atoms with van der Waals surface area (Å²) in [7, 11) is 0. The second-order valence-corrected chi connectivity index (χ2v) is 5.84. The number of aliphatic hydroxyl groups excluding tert-OH is 1. The minimum absolute atomic E-state index is 0.136. The van der Waals surface area contributed by atoms with Crippen molar-refractivity contribution in [3.8, 4) is 0 Å². The molecule has 0 unspecified atom stereocenters.